The van der Waals surface area contributed by atoms with Crippen molar-refractivity contribution in [3.63, 3.8) is 0 Å². The van der Waals surface area contributed by atoms with Crippen molar-refractivity contribution >= 4 is 12.1 Å². The van der Waals surface area contributed by atoms with Gasteiger partial charge in [-0.25, -0.2) is 5.01 Å². The average molecular weight is 133 g/mol. The summed E-state index contributed by atoms with van der Waals surface area (Å²) in [6.07, 6.45) is 5.52. The number of hydrazone groups is 1. The van der Waals surface area contributed by atoms with Crippen molar-refractivity contribution in [2.24, 2.45) is 10.1 Å². The zero-order chi connectivity index (χ0) is 6.97. The molecule has 0 bridgehead atoms. The van der Waals surface area contributed by atoms with Gasteiger partial charge in [0, 0.05) is 6.21 Å². The van der Waals surface area contributed by atoms with E-state index in [-0.39, 0.29) is 0 Å². The van der Waals surface area contributed by atoms with Gasteiger partial charge < -0.3 is 0 Å². The molecule has 0 N–H and O–H groups in total. The number of allylic oxidation sites excluding steroid dienone is 1. The Balaban J connectivity index is 2.39. The molecule has 2 heterocycles. The molecule has 0 saturated heterocycles. The second-order valence-electron chi connectivity index (χ2n) is 2.18. The highest BCUT2D eigenvalue weighted by molar-refractivity contribution is 6.00. The summed E-state index contributed by atoms with van der Waals surface area (Å²) >= 11 is 0. The minimum Gasteiger partial charge on any atom is -0.260 e. The summed E-state index contributed by atoms with van der Waals surface area (Å²) in [5.41, 5.74) is 0.940. The quantitative estimate of drug-likeness (QED) is 0.479. The van der Waals surface area contributed by atoms with Gasteiger partial charge in [-0.15, -0.1) is 0 Å². The van der Waals surface area contributed by atoms with Gasteiger partial charge in [0.1, 0.15) is 5.84 Å². The number of hydrogen-bond donors (Lipinski definition) is 0. The lowest BCUT2D eigenvalue weighted by molar-refractivity contribution is 0.577. The molecule has 10 heavy (non-hydrogen) atoms. The molecule has 2 rings (SSSR count). The van der Waals surface area contributed by atoms with E-state index in [1.807, 2.05) is 12.2 Å². The third-order valence-electron chi connectivity index (χ3n) is 1.45. The molecule has 3 nitrogen and oxygen atoms in total. The molecule has 2 aliphatic heterocycles. The number of amidine groups is 1. The molecule has 0 atom stereocenters. The Morgan fingerprint density at radius 1 is 1.60 bits per heavy atom. The molecular formula is C7H7N3. The standard InChI is InChI=1S/C7H7N3/c1-6-5-8-7-3-2-4-9-10(6)7/h2-4H,1,5H2. The fourth-order valence-electron chi connectivity index (χ4n) is 0.967. The summed E-state index contributed by atoms with van der Waals surface area (Å²) in [5.74, 6) is 0.896. The maximum atomic E-state index is 4.18. The molecule has 0 fully saturated rings. The van der Waals surface area contributed by atoms with Crippen LogP contribution in [0.1, 0.15) is 0 Å². The summed E-state index contributed by atoms with van der Waals surface area (Å²) in [6.45, 7) is 4.48. The van der Waals surface area contributed by atoms with Crippen molar-refractivity contribution in [1.29, 1.82) is 0 Å². The molecule has 0 unspecified atom stereocenters. The first-order valence-corrected chi connectivity index (χ1v) is 3.11. The lowest BCUT2D eigenvalue weighted by Crippen LogP contribution is -2.19. The number of nitrogens with zero attached hydrogens (tertiary/aromatic N) is 3. The maximum Gasteiger partial charge on any atom is 0.149 e. The molecule has 0 aromatic carbocycles. The van der Waals surface area contributed by atoms with E-state index >= 15 is 0 Å². The largest absolute Gasteiger partial charge is 0.260 e. The van der Waals surface area contributed by atoms with Crippen molar-refractivity contribution in [2.75, 3.05) is 6.54 Å². The van der Waals surface area contributed by atoms with E-state index in [1.165, 1.54) is 0 Å². The van der Waals surface area contributed by atoms with Crippen molar-refractivity contribution in [3.05, 3.63) is 24.4 Å². The van der Waals surface area contributed by atoms with Gasteiger partial charge in [0.15, 0.2) is 0 Å². The summed E-state index contributed by atoms with van der Waals surface area (Å²) < 4.78 is 0. The van der Waals surface area contributed by atoms with Crippen LogP contribution in [0.3, 0.4) is 0 Å². The Bertz CT molecular complexity index is 260. The first kappa shape index (κ1) is 5.41. The SMILES string of the molecule is C=C1CN=C2C=CC=NN12. The molecule has 2 aliphatic rings. The highest BCUT2D eigenvalue weighted by Gasteiger charge is 2.18. The average Bonchev–Trinajstić information content (AvgIpc) is 2.34. The third kappa shape index (κ3) is 0.603. The highest BCUT2D eigenvalue weighted by Crippen LogP contribution is 2.14. The number of aliphatic imine (C=N–C) groups is 1. The lowest BCUT2D eigenvalue weighted by atomic mass is 10.4. The zero-order valence-corrected chi connectivity index (χ0v) is 5.49. The van der Waals surface area contributed by atoms with Crippen molar-refractivity contribution in [3.8, 4) is 0 Å². The van der Waals surface area contributed by atoms with Gasteiger partial charge in [0.2, 0.25) is 0 Å². The Kier molecular flexibility index (Phi) is 0.974. The molecular weight excluding hydrogens is 126 g/mol. The van der Waals surface area contributed by atoms with Crippen LogP contribution in [-0.2, 0) is 0 Å². The Morgan fingerprint density at radius 2 is 2.50 bits per heavy atom. The second-order valence-corrected chi connectivity index (χ2v) is 2.18. The zero-order valence-electron chi connectivity index (χ0n) is 5.49. The van der Waals surface area contributed by atoms with Crippen LogP contribution < -0.4 is 0 Å². The van der Waals surface area contributed by atoms with Crippen molar-refractivity contribution in [1.82, 2.24) is 5.01 Å². The minimum absolute atomic E-state index is 0.678. The highest BCUT2D eigenvalue weighted by atomic mass is 15.5. The van der Waals surface area contributed by atoms with E-state index in [1.54, 1.807) is 11.2 Å². The van der Waals surface area contributed by atoms with Crippen LogP contribution in [0.4, 0.5) is 0 Å². The Morgan fingerprint density at radius 3 is 3.30 bits per heavy atom. The van der Waals surface area contributed by atoms with Crippen LogP contribution in [-0.4, -0.2) is 23.6 Å². The number of rotatable bonds is 0. The Hall–Kier alpha value is -1.38. The van der Waals surface area contributed by atoms with Crippen molar-refractivity contribution in [2.45, 2.75) is 0 Å². The monoisotopic (exact) mass is 133 g/mol. The van der Waals surface area contributed by atoms with E-state index in [2.05, 4.69) is 16.7 Å². The van der Waals surface area contributed by atoms with Gasteiger partial charge in [-0.05, 0) is 12.2 Å². The van der Waals surface area contributed by atoms with Crippen molar-refractivity contribution < 1.29 is 0 Å². The fraction of sp³-hybridized carbons (Fsp3) is 0.143. The van der Waals surface area contributed by atoms with Crippen LogP contribution >= 0.6 is 0 Å². The van der Waals surface area contributed by atoms with Gasteiger partial charge in [0.25, 0.3) is 0 Å². The Labute approximate surface area is 59.1 Å². The van der Waals surface area contributed by atoms with Crippen LogP contribution in [0.5, 0.6) is 0 Å². The van der Waals surface area contributed by atoms with Crippen LogP contribution in [0.15, 0.2) is 34.5 Å². The molecule has 0 saturated carbocycles. The summed E-state index contributed by atoms with van der Waals surface area (Å²) in [5, 5.41) is 5.81. The van der Waals surface area contributed by atoms with E-state index in [0.717, 1.165) is 11.5 Å². The molecule has 0 radical (unpaired) electrons. The smallest absolute Gasteiger partial charge is 0.149 e. The van der Waals surface area contributed by atoms with E-state index in [9.17, 15) is 0 Å². The van der Waals surface area contributed by atoms with Gasteiger partial charge in [-0.3, -0.25) is 4.99 Å². The second kappa shape index (κ2) is 1.80. The fourth-order valence-corrected chi connectivity index (χ4v) is 0.967. The van der Waals surface area contributed by atoms with Gasteiger partial charge >= 0.3 is 0 Å². The molecule has 50 valence electrons. The predicted molar refractivity (Wildman–Crippen MR) is 40.9 cm³/mol. The first-order valence-electron chi connectivity index (χ1n) is 3.11. The third-order valence-corrected chi connectivity index (χ3v) is 1.45. The predicted octanol–water partition coefficient (Wildman–Crippen LogP) is 0.770. The molecule has 3 heteroatoms. The first-order chi connectivity index (χ1) is 4.88. The molecule has 0 aromatic rings. The minimum atomic E-state index is 0.678. The topological polar surface area (TPSA) is 28.0 Å². The van der Waals surface area contributed by atoms with E-state index in [0.29, 0.717) is 6.54 Å². The normalized spacial score (nSPS) is 21.4. The van der Waals surface area contributed by atoms with Gasteiger partial charge in [0.05, 0.1) is 12.2 Å². The number of hydrogen-bond acceptors (Lipinski definition) is 3. The molecule has 0 aliphatic carbocycles. The van der Waals surface area contributed by atoms with E-state index in [4.69, 9.17) is 0 Å². The molecule has 0 spiro atoms. The lowest BCUT2D eigenvalue weighted by Gasteiger charge is -2.14. The summed E-state index contributed by atoms with van der Waals surface area (Å²) in [4.78, 5) is 4.18. The van der Waals surface area contributed by atoms with Gasteiger partial charge in [-0.1, -0.05) is 6.58 Å². The van der Waals surface area contributed by atoms with E-state index < -0.39 is 0 Å². The van der Waals surface area contributed by atoms with Gasteiger partial charge in [-0.2, -0.15) is 5.10 Å². The maximum absolute atomic E-state index is 4.18. The van der Waals surface area contributed by atoms with Crippen LogP contribution in [0, 0.1) is 0 Å². The molecule has 0 amide bonds. The summed E-state index contributed by atoms with van der Waals surface area (Å²) in [6, 6.07) is 0. The van der Waals surface area contributed by atoms with Crippen LogP contribution in [0.2, 0.25) is 0 Å². The molecule has 0 aromatic heterocycles. The number of fused-ring (bicyclic) bond motifs is 1. The summed E-state index contributed by atoms with van der Waals surface area (Å²) in [7, 11) is 0. The van der Waals surface area contributed by atoms with Crippen LogP contribution in [0.25, 0.3) is 0 Å².